The number of amides is 2. The Morgan fingerprint density at radius 3 is 2.18 bits per heavy atom. The normalized spacial score (nSPS) is 23.2. The standard InChI is InChI=1S/C5H10O2.CH4N2O/c6-5-3-1-2-4-7-5;2-1(3)4/h5-6H,1-4H2;(H4,2,3,4). The van der Waals surface area contributed by atoms with E-state index in [1.54, 1.807) is 0 Å². The first-order valence-electron chi connectivity index (χ1n) is 3.47. The van der Waals surface area contributed by atoms with Crippen molar-refractivity contribution in [2.45, 2.75) is 25.6 Å². The van der Waals surface area contributed by atoms with Crippen molar-refractivity contribution in [2.24, 2.45) is 11.5 Å². The van der Waals surface area contributed by atoms with E-state index in [1.165, 1.54) is 0 Å². The first-order valence-corrected chi connectivity index (χ1v) is 3.47. The largest absolute Gasteiger partial charge is 0.368 e. The maximum Gasteiger partial charge on any atom is 0.309 e. The summed E-state index contributed by atoms with van der Waals surface area (Å²) in [6.45, 7) is 0.737. The van der Waals surface area contributed by atoms with Crippen LogP contribution >= 0.6 is 0 Å². The van der Waals surface area contributed by atoms with Crippen molar-refractivity contribution >= 4 is 6.03 Å². The van der Waals surface area contributed by atoms with Gasteiger partial charge in [-0.2, -0.15) is 0 Å². The van der Waals surface area contributed by atoms with Gasteiger partial charge in [-0.1, -0.05) is 0 Å². The molecule has 1 rings (SSSR count). The molecule has 1 unspecified atom stereocenters. The second kappa shape index (κ2) is 5.94. The summed E-state index contributed by atoms with van der Waals surface area (Å²) in [5.74, 6) is 0. The number of ether oxygens (including phenoxy) is 1. The third-order valence-corrected chi connectivity index (χ3v) is 1.16. The monoisotopic (exact) mass is 162 g/mol. The number of primary amides is 2. The number of nitrogens with two attached hydrogens (primary N) is 2. The van der Waals surface area contributed by atoms with Crippen LogP contribution in [0.3, 0.4) is 0 Å². The summed E-state index contributed by atoms with van der Waals surface area (Å²) in [5.41, 5.74) is 8.50. The molecule has 0 spiro atoms. The van der Waals surface area contributed by atoms with E-state index in [2.05, 4.69) is 11.5 Å². The summed E-state index contributed by atoms with van der Waals surface area (Å²) in [6, 6.07) is -0.833. The molecule has 0 radical (unpaired) electrons. The molecule has 1 fully saturated rings. The summed E-state index contributed by atoms with van der Waals surface area (Å²) in [7, 11) is 0. The van der Waals surface area contributed by atoms with Gasteiger partial charge in [0.15, 0.2) is 6.29 Å². The molecule has 0 aliphatic carbocycles. The van der Waals surface area contributed by atoms with Crippen LogP contribution in [0.4, 0.5) is 4.79 Å². The Labute approximate surface area is 65.3 Å². The highest BCUT2D eigenvalue weighted by atomic mass is 16.6. The van der Waals surface area contributed by atoms with Crippen molar-refractivity contribution < 1.29 is 14.6 Å². The highest BCUT2D eigenvalue weighted by molar-refractivity contribution is 5.69. The van der Waals surface area contributed by atoms with Gasteiger partial charge in [-0.3, -0.25) is 0 Å². The average molecular weight is 162 g/mol. The molecule has 0 aromatic rings. The lowest BCUT2D eigenvalue weighted by Gasteiger charge is -2.16. The molecular weight excluding hydrogens is 148 g/mol. The van der Waals surface area contributed by atoms with Crippen molar-refractivity contribution in [2.75, 3.05) is 6.61 Å². The van der Waals surface area contributed by atoms with E-state index in [4.69, 9.17) is 14.6 Å². The second-order valence-electron chi connectivity index (χ2n) is 2.22. The fraction of sp³-hybridized carbons (Fsp3) is 0.833. The SMILES string of the molecule is NC(N)=O.OC1CCCCO1. The summed E-state index contributed by atoms with van der Waals surface area (Å²) in [4.78, 5) is 9.00. The molecule has 5 nitrogen and oxygen atoms in total. The zero-order valence-electron chi connectivity index (χ0n) is 6.32. The maximum atomic E-state index is 9.00. The van der Waals surface area contributed by atoms with Gasteiger partial charge in [-0.25, -0.2) is 4.79 Å². The van der Waals surface area contributed by atoms with E-state index in [0.29, 0.717) is 0 Å². The molecule has 11 heavy (non-hydrogen) atoms. The van der Waals surface area contributed by atoms with Gasteiger partial charge in [-0.15, -0.1) is 0 Å². The average Bonchev–Trinajstić information content (AvgIpc) is 1.87. The summed E-state index contributed by atoms with van der Waals surface area (Å²) >= 11 is 0. The third kappa shape index (κ3) is 9.19. The van der Waals surface area contributed by atoms with Gasteiger partial charge in [-0.05, 0) is 19.3 Å². The smallest absolute Gasteiger partial charge is 0.309 e. The van der Waals surface area contributed by atoms with Crippen LogP contribution in [0, 0.1) is 0 Å². The summed E-state index contributed by atoms with van der Waals surface area (Å²) in [5, 5.41) is 8.69. The third-order valence-electron chi connectivity index (χ3n) is 1.16. The molecule has 5 heteroatoms. The van der Waals surface area contributed by atoms with Crippen molar-refractivity contribution in [1.82, 2.24) is 0 Å². The quantitative estimate of drug-likeness (QED) is 0.449. The van der Waals surface area contributed by atoms with Crippen molar-refractivity contribution in [1.29, 1.82) is 0 Å². The van der Waals surface area contributed by atoms with Gasteiger partial charge in [0.2, 0.25) is 0 Å². The number of hydrogen-bond acceptors (Lipinski definition) is 3. The fourth-order valence-corrected chi connectivity index (χ4v) is 0.724. The van der Waals surface area contributed by atoms with Crippen LogP contribution in [0.2, 0.25) is 0 Å². The molecule has 0 saturated carbocycles. The summed E-state index contributed by atoms with van der Waals surface area (Å²) in [6.07, 6.45) is 2.58. The predicted octanol–water partition coefficient (Wildman–Crippen LogP) is -0.471. The number of aliphatic hydroxyl groups is 1. The lowest BCUT2D eigenvalue weighted by molar-refractivity contribution is -0.123. The van der Waals surface area contributed by atoms with Gasteiger partial charge in [0, 0.05) is 6.61 Å². The number of aliphatic hydroxyl groups excluding tert-OH is 1. The first kappa shape index (κ1) is 10.2. The Balaban J connectivity index is 0.000000218. The molecule has 1 saturated heterocycles. The Bertz CT molecular complexity index is 108. The van der Waals surface area contributed by atoms with Crippen LogP contribution in [0.1, 0.15) is 19.3 Å². The second-order valence-corrected chi connectivity index (χ2v) is 2.22. The van der Waals surface area contributed by atoms with Gasteiger partial charge in [0.05, 0.1) is 0 Å². The van der Waals surface area contributed by atoms with Crippen LogP contribution < -0.4 is 11.5 Å². The number of hydrogen-bond donors (Lipinski definition) is 3. The lowest BCUT2D eigenvalue weighted by atomic mass is 10.2. The minimum atomic E-state index is -0.833. The van der Waals surface area contributed by atoms with Gasteiger partial charge < -0.3 is 21.3 Å². The van der Waals surface area contributed by atoms with E-state index < -0.39 is 12.3 Å². The molecule has 66 valence electrons. The minimum Gasteiger partial charge on any atom is -0.368 e. The highest BCUT2D eigenvalue weighted by Gasteiger charge is 2.07. The first-order chi connectivity index (χ1) is 5.13. The van der Waals surface area contributed by atoms with Crippen molar-refractivity contribution in [3.8, 4) is 0 Å². The molecule has 1 aliphatic heterocycles. The van der Waals surface area contributed by atoms with Crippen molar-refractivity contribution in [3.63, 3.8) is 0 Å². The Morgan fingerprint density at radius 1 is 1.45 bits per heavy atom. The van der Waals surface area contributed by atoms with E-state index in [1.807, 2.05) is 0 Å². The summed E-state index contributed by atoms with van der Waals surface area (Å²) < 4.78 is 4.83. The maximum absolute atomic E-state index is 9.00. The number of urea groups is 1. The van der Waals surface area contributed by atoms with Gasteiger partial charge in [0.1, 0.15) is 0 Å². The van der Waals surface area contributed by atoms with Crippen LogP contribution in [0.15, 0.2) is 0 Å². The van der Waals surface area contributed by atoms with Gasteiger partial charge in [0.25, 0.3) is 0 Å². The Morgan fingerprint density at radius 2 is 2.00 bits per heavy atom. The van der Waals surface area contributed by atoms with Crippen molar-refractivity contribution in [3.05, 3.63) is 0 Å². The molecule has 1 heterocycles. The number of rotatable bonds is 0. The number of carbonyl (C=O) groups excluding carboxylic acids is 1. The molecule has 1 aliphatic rings. The van der Waals surface area contributed by atoms with E-state index in [0.717, 1.165) is 25.9 Å². The highest BCUT2D eigenvalue weighted by Crippen LogP contribution is 2.08. The topological polar surface area (TPSA) is 98.6 Å². The molecule has 0 aromatic carbocycles. The molecular formula is C6H14N2O3. The minimum absolute atomic E-state index is 0.464. The molecule has 1 atom stereocenters. The lowest BCUT2D eigenvalue weighted by Crippen LogP contribution is -2.18. The fourth-order valence-electron chi connectivity index (χ4n) is 0.724. The van der Waals surface area contributed by atoms with E-state index >= 15 is 0 Å². The number of carbonyl (C=O) groups is 1. The molecule has 0 aromatic heterocycles. The van der Waals surface area contributed by atoms with E-state index in [9.17, 15) is 0 Å². The predicted molar refractivity (Wildman–Crippen MR) is 39.6 cm³/mol. The Kier molecular flexibility index (Phi) is 5.50. The van der Waals surface area contributed by atoms with Crippen LogP contribution in [0.5, 0.6) is 0 Å². The van der Waals surface area contributed by atoms with Crippen LogP contribution in [-0.4, -0.2) is 24.0 Å². The molecule has 0 bridgehead atoms. The Hall–Kier alpha value is -0.810. The van der Waals surface area contributed by atoms with Crippen LogP contribution in [0.25, 0.3) is 0 Å². The zero-order chi connectivity index (χ0) is 8.69. The molecule has 5 N–H and O–H groups in total. The molecule has 2 amide bonds. The zero-order valence-corrected chi connectivity index (χ0v) is 6.32. The van der Waals surface area contributed by atoms with E-state index in [-0.39, 0.29) is 0 Å². The van der Waals surface area contributed by atoms with Crippen LogP contribution in [-0.2, 0) is 4.74 Å². The van der Waals surface area contributed by atoms with Gasteiger partial charge >= 0.3 is 6.03 Å².